The van der Waals surface area contributed by atoms with E-state index in [1.807, 2.05) is 48.2 Å². The van der Waals surface area contributed by atoms with E-state index in [4.69, 9.17) is 4.52 Å². The maximum atomic E-state index is 12.5. The fraction of sp³-hybridized carbons (Fsp3) is 0.348. The summed E-state index contributed by atoms with van der Waals surface area (Å²) in [5.74, 6) is 1.13. The van der Waals surface area contributed by atoms with E-state index in [0.717, 1.165) is 16.8 Å². The van der Waals surface area contributed by atoms with Crippen molar-refractivity contribution in [2.45, 2.75) is 45.4 Å². The molecule has 5 nitrogen and oxygen atoms in total. The zero-order chi connectivity index (χ0) is 19.9. The molecular weight excluding hydrogens is 350 g/mol. The Bertz CT molecular complexity index is 999. The summed E-state index contributed by atoms with van der Waals surface area (Å²) in [5, 5.41) is 4.16. The van der Waals surface area contributed by atoms with Crippen LogP contribution >= 0.6 is 0 Å². The van der Waals surface area contributed by atoms with E-state index >= 15 is 0 Å². The fourth-order valence-electron chi connectivity index (χ4n) is 3.56. The first-order valence-electron chi connectivity index (χ1n) is 9.63. The van der Waals surface area contributed by atoms with Crippen LogP contribution in [0.5, 0.6) is 0 Å². The third kappa shape index (κ3) is 3.57. The van der Waals surface area contributed by atoms with Gasteiger partial charge in [-0.05, 0) is 47.7 Å². The highest BCUT2D eigenvalue weighted by Crippen LogP contribution is 2.32. The zero-order valence-electron chi connectivity index (χ0n) is 16.8. The molecule has 0 bridgehead atoms. The van der Waals surface area contributed by atoms with Crippen LogP contribution in [-0.2, 0) is 10.2 Å². The molecule has 0 spiro atoms. The maximum Gasteiger partial charge on any atom is 0.257 e. The monoisotopic (exact) mass is 375 g/mol. The summed E-state index contributed by atoms with van der Waals surface area (Å²) in [5.41, 5.74) is 4.31. The molecule has 1 saturated heterocycles. The van der Waals surface area contributed by atoms with Crippen LogP contribution in [0.25, 0.3) is 11.5 Å². The lowest BCUT2D eigenvalue weighted by Crippen LogP contribution is -2.24. The minimum absolute atomic E-state index is 0.0561. The largest absolute Gasteiger partial charge is 0.334 e. The third-order valence-corrected chi connectivity index (χ3v) is 5.24. The van der Waals surface area contributed by atoms with E-state index in [0.29, 0.717) is 24.7 Å². The molecule has 3 aromatic rings. The summed E-state index contributed by atoms with van der Waals surface area (Å²) >= 11 is 0. The van der Waals surface area contributed by atoms with Crippen molar-refractivity contribution >= 4 is 11.6 Å². The van der Waals surface area contributed by atoms with Crippen LogP contribution in [0, 0.1) is 6.92 Å². The van der Waals surface area contributed by atoms with Gasteiger partial charge in [-0.15, -0.1) is 0 Å². The molecule has 1 fully saturated rings. The van der Waals surface area contributed by atoms with Crippen molar-refractivity contribution in [3.8, 4) is 11.5 Å². The van der Waals surface area contributed by atoms with Gasteiger partial charge in [-0.1, -0.05) is 50.2 Å². The van der Waals surface area contributed by atoms with Gasteiger partial charge in [0.05, 0.1) is 0 Å². The van der Waals surface area contributed by atoms with E-state index < -0.39 is 0 Å². The zero-order valence-corrected chi connectivity index (χ0v) is 16.8. The van der Waals surface area contributed by atoms with Gasteiger partial charge in [-0.3, -0.25) is 4.79 Å². The molecule has 5 heteroatoms. The highest BCUT2D eigenvalue weighted by molar-refractivity contribution is 5.96. The van der Waals surface area contributed by atoms with Gasteiger partial charge < -0.3 is 9.42 Å². The van der Waals surface area contributed by atoms with Gasteiger partial charge in [-0.25, -0.2) is 0 Å². The van der Waals surface area contributed by atoms with E-state index in [-0.39, 0.29) is 17.2 Å². The van der Waals surface area contributed by atoms with Gasteiger partial charge in [0.15, 0.2) is 5.82 Å². The molecule has 28 heavy (non-hydrogen) atoms. The lowest BCUT2D eigenvalue weighted by Gasteiger charge is -2.18. The van der Waals surface area contributed by atoms with Crippen molar-refractivity contribution in [1.29, 1.82) is 0 Å². The molecule has 1 unspecified atom stereocenters. The SMILES string of the molecule is Cc1cccc(N2CC(c3noc(-c4ccc(C(C)(C)C)cc4)n3)CC2=O)c1. The van der Waals surface area contributed by atoms with Crippen molar-refractivity contribution in [1.82, 2.24) is 10.1 Å². The minimum Gasteiger partial charge on any atom is -0.334 e. The van der Waals surface area contributed by atoms with Crippen LogP contribution in [0.15, 0.2) is 53.1 Å². The van der Waals surface area contributed by atoms with Gasteiger partial charge >= 0.3 is 0 Å². The number of carbonyl (C=O) groups is 1. The topological polar surface area (TPSA) is 59.2 Å². The summed E-state index contributed by atoms with van der Waals surface area (Å²) in [6.07, 6.45) is 0.399. The van der Waals surface area contributed by atoms with Gasteiger partial charge in [0.1, 0.15) is 0 Å². The summed E-state index contributed by atoms with van der Waals surface area (Å²) in [4.78, 5) is 18.9. The number of hydrogen-bond donors (Lipinski definition) is 0. The van der Waals surface area contributed by atoms with Crippen molar-refractivity contribution < 1.29 is 9.32 Å². The third-order valence-electron chi connectivity index (χ3n) is 5.24. The number of anilines is 1. The summed E-state index contributed by atoms with van der Waals surface area (Å²) < 4.78 is 5.49. The second-order valence-corrected chi connectivity index (χ2v) is 8.53. The Hall–Kier alpha value is -2.95. The molecule has 1 aromatic heterocycles. The average Bonchev–Trinajstić information content (AvgIpc) is 3.28. The molecule has 1 amide bonds. The molecule has 0 N–H and O–H groups in total. The van der Waals surface area contributed by atoms with Crippen molar-refractivity contribution in [2.24, 2.45) is 0 Å². The molecule has 0 saturated carbocycles. The lowest BCUT2D eigenvalue weighted by molar-refractivity contribution is -0.117. The van der Waals surface area contributed by atoms with Crippen LogP contribution < -0.4 is 4.90 Å². The van der Waals surface area contributed by atoms with Gasteiger partial charge in [0, 0.05) is 30.1 Å². The molecular formula is C23H25N3O2. The number of amides is 1. The first-order chi connectivity index (χ1) is 13.3. The number of nitrogens with zero attached hydrogens (tertiary/aromatic N) is 3. The molecule has 144 valence electrons. The maximum absolute atomic E-state index is 12.5. The van der Waals surface area contributed by atoms with Crippen molar-refractivity contribution in [2.75, 3.05) is 11.4 Å². The molecule has 0 radical (unpaired) electrons. The Labute approximate surface area is 165 Å². The highest BCUT2D eigenvalue weighted by Gasteiger charge is 2.34. The summed E-state index contributed by atoms with van der Waals surface area (Å²) in [7, 11) is 0. The first-order valence-corrected chi connectivity index (χ1v) is 9.63. The highest BCUT2D eigenvalue weighted by atomic mass is 16.5. The second kappa shape index (κ2) is 6.89. The number of aromatic nitrogens is 2. The number of carbonyl (C=O) groups excluding carboxylic acids is 1. The number of rotatable bonds is 3. The van der Waals surface area contributed by atoms with Crippen LogP contribution in [0.4, 0.5) is 5.69 Å². The quantitative estimate of drug-likeness (QED) is 0.656. The number of benzene rings is 2. The molecule has 1 aliphatic rings. The standard InChI is InChI=1S/C23H25N3O2/c1-15-6-5-7-19(12-15)26-14-17(13-20(26)27)21-24-22(28-25-21)16-8-10-18(11-9-16)23(2,3)4/h5-12,17H,13-14H2,1-4H3. The van der Waals surface area contributed by atoms with Crippen LogP contribution in [-0.4, -0.2) is 22.6 Å². The minimum atomic E-state index is -0.0561. The Morgan fingerprint density at radius 1 is 1.11 bits per heavy atom. The summed E-state index contributed by atoms with van der Waals surface area (Å²) in [6.45, 7) is 9.15. The molecule has 2 aromatic carbocycles. The predicted molar refractivity (Wildman–Crippen MR) is 109 cm³/mol. The molecule has 1 atom stereocenters. The Morgan fingerprint density at radius 2 is 1.86 bits per heavy atom. The van der Waals surface area contributed by atoms with Crippen molar-refractivity contribution in [3.05, 3.63) is 65.5 Å². The molecule has 0 aliphatic carbocycles. The van der Waals surface area contributed by atoms with Gasteiger partial charge in [0.2, 0.25) is 5.91 Å². The van der Waals surface area contributed by atoms with Gasteiger partial charge in [0.25, 0.3) is 5.89 Å². The van der Waals surface area contributed by atoms with Crippen molar-refractivity contribution in [3.63, 3.8) is 0 Å². The predicted octanol–water partition coefficient (Wildman–Crippen LogP) is 4.86. The van der Waals surface area contributed by atoms with E-state index in [9.17, 15) is 4.79 Å². The average molecular weight is 375 g/mol. The first kappa shape index (κ1) is 18.4. The molecule has 2 heterocycles. The smallest absolute Gasteiger partial charge is 0.257 e. The fourth-order valence-corrected chi connectivity index (χ4v) is 3.56. The molecule has 4 rings (SSSR count). The van der Waals surface area contributed by atoms with E-state index in [2.05, 4.69) is 43.0 Å². The molecule has 1 aliphatic heterocycles. The van der Waals surface area contributed by atoms with E-state index in [1.165, 1.54) is 5.56 Å². The summed E-state index contributed by atoms with van der Waals surface area (Å²) in [6, 6.07) is 16.2. The normalized spacial score (nSPS) is 17.4. The van der Waals surface area contributed by atoms with Crippen LogP contribution in [0.1, 0.15) is 50.1 Å². The number of hydrogen-bond acceptors (Lipinski definition) is 4. The van der Waals surface area contributed by atoms with Gasteiger partial charge in [-0.2, -0.15) is 4.98 Å². The van der Waals surface area contributed by atoms with E-state index in [1.54, 1.807) is 0 Å². The lowest BCUT2D eigenvalue weighted by atomic mass is 9.87. The van der Waals surface area contributed by atoms with Crippen LogP contribution in [0.3, 0.4) is 0 Å². The Morgan fingerprint density at radius 3 is 2.54 bits per heavy atom. The Balaban J connectivity index is 1.53. The second-order valence-electron chi connectivity index (χ2n) is 8.53. The number of aryl methyl sites for hydroxylation is 1. The Kier molecular flexibility index (Phi) is 4.53. The van der Waals surface area contributed by atoms with Crippen LogP contribution in [0.2, 0.25) is 0 Å².